The second-order valence-electron chi connectivity index (χ2n) is 4.28. The molecule has 0 unspecified atom stereocenters. The second kappa shape index (κ2) is 7.28. The largest absolute Gasteiger partial charge is 0.493 e. The van der Waals surface area contributed by atoms with E-state index in [1.54, 1.807) is 14.1 Å². The Kier molecular flexibility index (Phi) is 5.71. The van der Waals surface area contributed by atoms with Crippen LogP contribution in [0.5, 0.6) is 5.75 Å². The third-order valence-electron chi connectivity index (χ3n) is 2.40. The molecule has 1 aromatic rings. The van der Waals surface area contributed by atoms with Crippen LogP contribution in [0.4, 0.5) is 4.39 Å². The Labute approximate surface area is 116 Å². The summed E-state index contributed by atoms with van der Waals surface area (Å²) < 4.78 is 18.6. The van der Waals surface area contributed by atoms with E-state index < -0.39 is 11.8 Å². The molecule has 0 aliphatic heterocycles. The molecular weight excluding hydrogens is 265 g/mol. The number of benzene rings is 1. The first-order valence-corrected chi connectivity index (χ1v) is 5.93. The number of hydrogen-bond donors (Lipinski definition) is 1. The molecule has 0 aliphatic carbocycles. The Morgan fingerprint density at radius 3 is 2.65 bits per heavy atom. The van der Waals surface area contributed by atoms with E-state index in [0.29, 0.717) is 5.56 Å². The number of nitrogens with zero attached hydrogens (tertiary/aromatic N) is 1. The summed E-state index contributed by atoms with van der Waals surface area (Å²) in [7, 11) is 3.28. The highest BCUT2D eigenvalue weighted by molar-refractivity contribution is 5.85. The van der Waals surface area contributed by atoms with Gasteiger partial charge in [0.15, 0.2) is 0 Å². The molecule has 5 nitrogen and oxygen atoms in total. The molecule has 1 rings (SSSR count). The standard InChI is InChI=1S/C14H16FNO4/c1-16(2)13(17)5-6-20-12-8-10(3-4-14(18)19)7-11(15)9-12/h3-4,7-9H,5-6H2,1-2H3,(H,18,19)/b4-3+. The van der Waals surface area contributed by atoms with Crippen LogP contribution in [0.3, 0.4) is 0 Å². The lowest BCUT2D eigenvalue weighted by molar-refractivity contribution is -0.131. The van der Waals surface area contributed by atoms with Crippen molar-refractivity contribution in [3.05, 3.63) is 35.7 Å². The fourth-order valence-electron chi connectivity index (χ4n) is 1.41. The lowest BCUT2D eigenvalue weighted by Crippen LogP contribution is -2.23. The van der Waals surface area contributed by atoms with Gasteiger partial charge in [-0.1, -0.05) is 0 Å². The van der Waals surface area contributed by atoms with Gasteiger partial charge in [0, 0.05) is 26.2 Å². The van der Waals surface area contributed by atoms with Crippen molar-refractivity contribution in [1.82, 2.24) is 4.90 Å². The van der Waals surface area contributed by atoms with E-state index in [1.807, 2.05) is 0 Å². The van der Waals surface area contributed by atoms with Crippen LogP contribution in [-0.4, -0.2) is 42.6 Å². The zero-order valence-electron chi connectivity index (χ0n) is 11.3. The number of carboxylic acids is 1. The topological polar surface area (TPSA) is 66.8 Å². The van der Waals surface area contributed by atoms with Gasteiger partial charge in [-0.15, -0.1) is 0 Å². The SMILES string of the molecule is CN(C)C(=O)CCOc1cc(F)cc(/C=C/C(=O)O)c1. The molecule has 20 heavy (non-hydrogen) atoms. The maximum atomic E-state index is 13.3. The van der Waals surface area contributed by atoms with Crippen LogP contribution in [-0.2, 0) is 9.59 Å². The van der Waals surface area contributed by atoms with Crippen molar-refractivity contribution in [1.29, 1.82) is 0 Å². The molecule has 0 heterocycles. The minimum absolute atomic E-state index is 0.0904. The summed E-state index contributed by atoms with van der Waals surface area (Å²) in [6.45, 7) is 0.128. The highest BCUT2D eigenvalue weighted by atomic mass is 19.1. The molecule has 0 fully saturated rings. The van der Waals surface area contributed by atoms with Crippen LogP contribution in [0.1, 0.15) is 12.0 Å². The van der Waals surface area contributed by atoms with Gasteiger partial charge in [0.25, 0.3) is 0 Å². The summed E-state index contributed by atoms with van der Waals surface area (Å²) in [5.41, 5.74) is 0.376. The molecule has 108 valence electrons. The van der Waals surface area contributed by atoms with Gasteiger partial charge in [-0.25, -0.2) is 9.18 Å². The number of aliphatic carboxylic acids is 1. The molecule has 0 radical (unpaired) electrons. The highest BCUT2D eigenvalue weighted by Gasteiger charge is 2.05. The van der Waals surface area contributed by atoms with Crippen molar-refractivity contribution < 1.29 is 23.8 Å². The molecule has 1 N–H and O–H groups in total. The van der Waals surface area contributed by atoms with Crippen LogP contribution in [0.15, 0.2) is 24.3 Å². The molecule has 0 bridgehead atoms. The molecule has 6 heteroatoms. The smallest absolute Gasteiger partial charge is 0.328 e. The Morgan fingerprint density at radius 1 is 1.35 bits per heavy atom. The van der Waals surface area contributed by atoms with Crippen molar-refractivity contribution in [2.24, 2.45) is 0 Å². The van der Waals surface area contributed by atoms with Crippen LogP contribution >= 0.6 is 0 Å². The number of hydrogen-bond acceptors (Lipinski definition) is 3. The quantitative estimate of drug-likeness (QED) is 0.807. The van der Waals surface area contributed by atoms with Crippen LogP contribution < -0.4 is 4.74 Å². The van der Waals surface area contributed by atoms with Gasteiger partial charge >= 0.3 is 5.97 Å². The molecule has 0 aliphatic rings. The van der Waals surface area contributed by atoms with Gasteiger partial charge in [-0.05, 0) is 23.8 Å². The molecule has 0 atom stereocenters. The Hall–Kier alpha value is -2.37. The number of ether oxygens (including phenoxy) is 1. The van der Waals surface area contributed by atoms with E-state index in [1.165, 1.54) is 29.2 Å². The summed E-state index contributed by atoms with van der Waals surface area (Å²) in [6.07, 6.45) is 2.36. The van der Waals surface area contributed by atoms with Crippen LogP contribution in [0, 0.1) is 5.82 Å². The Balaban J connectivity index is 2.66. The molecule has 0 saturated carbocycles. The summed E-state index contributed by atoms with van der Waals surface area (Å²) in [5, 5.41) is 8.51. The maximum Gasteiger partial charge on any atom is 0.328 e. The van der Waals surface area contributed by atoms with E-state index in [2.05, 4.69) is 0 Å². The fraction of sp³-hybridized carbons (Fsp3) is 0.286. The first-order chi connectivity index (χ1) is 9.38. The van der Waals surface area contributed by atoms with Gasteiger partial charge < -0.3 is 14.7 Å². The van der Waals surface area contributed by atoms with Gasteiger partial charge in [-0.3, -0.25) is 4.79 Å². The molecule has 1 amide bonds. The van der Waals surface area contributed by atoms with E-state index in [9.17, 15) is 14.0 Å². The van der Waals surface area contributed by atoms with Crippen molar-refractivity contribution >= 4 is 18.0 Å². The molecule has 0 saturated heterocycles. The average molecular weight is 281 g/mol. The zero-order chi connectivity index (χ0) is 15.1. The maximum absolute atomic E-state index is 13.3. The van der Waals surface area contributed by atoms with Crippen LogP contribution in [0.2, 0.25) is 0 Å². The molecule has 0 spiro atoms. The molecule has 1 aromatic carbocycles. The zero-order valence-corrected chi connectivity index (χ0v) is 11.3. The van der Waals surface area contributed by atoms with Crippen molar-refractivity contribution in [3.63, 3.8) is 0 Å². The molecular formula is C14H16FNO4. The second-order valence-corrected chi connectivity index (χ2v) is 4.28. The predicted molar refractivity (Wildman–Crippen MR) is 71.9 cm³/mol. The molecule has 0 aromatic heterocycles. The first kappa shape index (κ1) is 15.7. The Bertz CT molecular complexity index is 526. The summed E-state index contributed by atoms with van der Waals surface area (Å²) in [5.74, 6) is -1.49. The van der Waals surface area contributed by atoms with E-state index in [-0.39, 0.29) is 24.7 Å². The van der Waals surface area contributed by atoms with E-state index in [4.69, 9.17) is 9.84 Å². The number of carbonyl (C=O) groups is 2. The van der Waals surface area contributed by atoms with Crippen molar-refractivity contribution in [2.75, 3.05) is 20.7 Å². The summed E-state index contributed by atoms with van der Waals surface area (Å²) in [4.78, 5) is 23.2. The lowest BCUT2D eigenvalue weighted by Gasteiger charge is -2.11. The lowest BCUT2D eigenvalue weighted by atomic mass is 10.2. The van der Waals surface area contributed by atoms with Gasteiger partial charge in [0.1, 0.15) is 11.6 Å². The first-order valence-electron chi connectivity index (χ1n) is 5.93. The summed E-state index contributed by atoms with van der Waals surface area (Å²) >= 11 is 0. The van der Waals surface area contributed by atoms with E-state index in [0.717, 1.165) is 6.08 Å². The number of carboxylic acid groups (broad SMARTS) is 1. The fourth-order valence-corrected chi connectivity index (χ4v) is 1.41. The van der Waals surface area contributed by atoms with Crippen LogP contribution in [0.25, 0.3) is 6.08 Å². The number of halogens is 1. The minimum Gasteiger partial charge on any atom is -0.493 e. The number of rotatable bonds is 6. The van der Waals surface area contributed by atoms with Crippen molar-refractivity contribution in [2.45, 2.75) is 6.42 Å². The normalized spacial score (nSPS) is 10.6. The van der Waals surface area contributed by atoms with Crippen molar-refractivity contribution in [3.8, 4) is 5.75 Å². The monoisotopic (exact) mass is 281 g/mol. The summed E-state index contributed by atoms with van der Waals surface area (Å²) in [6, 6.07) is 3.87. The minimum atomic E-state index is -1.12. The van der Waals surface area contributed by atoms with Gasteiger partial charge in [-0.2, -0.15) is 0 Å². The predicted octanol–water partition coefficient (Wildman–Crippen LogP) is 1.78. The average Bonchev–Trinajstić information content (AvgIpc) is 2.35. The third-order valence-corrected chi connectivity index (χ3v) is 2.40. The Morgan fingerprint density at radius 2 is 2.05 bits per heavy atom. The highest BCUT2D eigenvalue weighted by Crippen LogP contribution is 2.17. The van der Waals surface area contributed by atoms with E-state index >= 15 is 0 Å². The number of carbonyl (C=O) groups excluding carboxylic acids is 1. The third kappa shape index (κ3) is 5.51. The van der Waals surface area contributed by atoms with Gasteiger partial charge in [0.05, 0.1) is 13.0 Å². The number of amides is 1. The van der Waals surface area contributed by atoms with Gasteiger partial charge in [0.2, 0.25) is 5.91 Å².